The fourth-order valence-electron chi connectivity index (χ4n) is 0.759. The van der Waals surface area contributed by atoms with Crippen molar-refractivity contribution in [3.8, 4) is 11.8 Å². The van der Waals surface area contributed by atoms with Gasteiger partial charge in [-0.1, -0.05) is 11.1 Å². The molecule has 0 spiro atoms. The Balaban J connectivity index is 3.68. The molecule has 0 fully saturated rings. The van der Waals surface area contributed by atoms with Crippen LogP contribution in [0.4, 0.5) is 0 Å². The summed E-state index contributed by atoms with van der Waals surface area (Å²) in [6.45, 7) is 3.71. The molecule has 0 aromatic rings. The summed E-state index contributed by atoms with van der Waals surface area (Å²) in [6, 6.07) is 0. The summed E-state index contributed by atoms with van der Waals surface area (Å²) >= 11 is 0. The molecule has 0 aromatic carbocycles. The molecule has 0 amide bonds. The van der Waals surface area contributed by atoms with Gasteiger partial charge in [0.15, 0.2) is 0 Å². The summed E-state index contributed by atoms with van der Waals surface area (Å²) in [5.74, 6) is 5.45. The van der Waals surface area contributed by atoms with Gasteiger partial charge >= 0.3 is 0 Å². The summed E-state index contributed by atoms with van der Waals surface area (Å²) < 4.78 is 0. The number of aliphatic hydroxyl groups is 1. The minimum atomic E-state index is -0.528. The lowest BCUT2D eigenvalue weighted by atomic mass is 10.0. The maximum Gasteiger partial charge on any atom is 0.0836 e. The molecule has 3 heteroatoms. The minimum Gasteiger partial charge on any atom is -0.392 e. The van der Waals surface area contributed by atoms with E-state index < -0.39 is 6.10 Å². The Labute approximate surface area is 66.8 Å². The first-order valence-electron chi connectivity index (χ1n) is 3.61. The molecule has 0 aliphatic heterocycles. The van der Waals surface area contributed by atoms with Gasteiger partial charge in [-0.15, -0.1) is 5.92 Å². The maximum atomic E-state index is 9.69. The third-order valence-corrected chi connectivity index (χ3v) is 1.47. The minimum absolute atomic E-state index is 0.0678. The van der Waals surface area contributed by atoms with Crippen LogP contribution in [0.2, 0.25) is 0 Å². The van der Waals surface area contributed by atoms with Crippen LogP contribution in [0.5, 0.6) is 0 Å². The summed E-state index contributed by atoms with van der Waals surface area (Å²) in [6.07, 6.45) is -0.126. The van der Waals surface area contributed by atoms with Crippen molar-refractivity contribution in [2.24, 2.45) is 11.1 Å². The Bertz CT molecular complexity index is 169. The molecule has 0 aromatic heterocycles. The molecule has 0 bridgehead atoms. The van der Waals surface area contributed by atoms with Crippen LogP contribution in [0.15, 0.2) is 5.18 Å². The van der Waals surface area contributed by atoms with Crippen LogP contribution in [0.1, 0.15) is 20.3 Å². The normalized spacial score (nSPS) is 14.5. The zero-order chi connectivity index (χ0) is 8.69. The molecule has 0 heterocycles. The lowest BCUT2D eigenvalue weighted by Crippen LogP contribution is -2.16. The van der Waals surface area contributed by atoms with Crippen molar-refractivity contribution in [1.82, 2.24) is 0 Å². The molecule has 0 saturated heterocycles. The first-order valence-corrected chi connectivity index (χ1v) is 3.61. The van der Waals surface area contributed by atoms with Gasteiger partial charge in [0.05, 0.1) is 12.6 Å². The van der Waals surface area contributed by atoms with E-state index in [-0.39, 0.29) is 12.5 Å². The predicted octanol–water partition coefficient (Wildman–Crippen LogP) is 1.16. The monoisotopic (exact) mass is 155 g/mol. The first kappa shape index (κ1) is 10.1. The number of nitrogens with zero attached hydrogens (tertiary/aromatic N) is 1. The molecule has 62 valence electrons. The topological polar surface area (TPSA) is 49.7 Å². The molecule has 3 nitrogen and oxygen atoms in total. The fourth-order valence-corrected chi connectivity index (χ4v) is 0.759. The zero-order valence-corrected chi connectivity index (χ0v) is 6.87. The summed E-state index contributed by atoms with van der Waals surface area (Å²) in [5, 5.41) is 11.9. The highest BCUT2D eigenvalue weighted by Gasteiger charge is 2.10. The van der Waals surface area contributed by atoms with Gasteiger partial charge < -0.3 is 5.11 Å². The van der Waals surface area contributed by atoms with E-state index in [0.29, 0.717) is 6.42 Å². The van der Waals surface area contributed by atoms with E-state index in [1.54, 1.807) is 6.92 Å². The Hall–Kier alpha value is -0.880. The van der Waals surface area contributed by atoms with Gasteiger partial charge in [0, 0.05) is 5.92 Å². The van der Waals surface area contributed by atoms with Crippen LogP contribution in [-0.2, 0) is 0 Å². The van der Waals surface area contributed by atoms with Gasteiger partial charge in [0.1, 0.15) is 0 Å². The van der Waals surface area contributed by atoms with Gasteiger partial charge in [0.2, 0.25) is 0 Å². The fraction of sp³-hybridized carbons (Fsp3) is 0.750. The molecule has 11 heavy (non-hydrogen) atoms. The van der Waals surface area contributed by atoms with Crippen molar-refractivity contribution >= 4 is 0 Å². The van der Waals surface area contributed by atoms with E-state index in [2.05, 4.69) is 17.0 Å². The quantitative estimate of drug-likeness (QED) is 0.489. The van der Waals surface area contributed by atoms with Crippen LogP contribution < -0.4 is 0 Å². The lowest BCUT2D eigenvalue weighted by Gasteiger charge is -2.10. The number of rotatable bonds is 4. The third-order valence-electron chi connectivity index (χ3n) is 1.47. The average molecular weight is 155 g/mol. The Morgan fingerprint density at radius 3 is 2.73 bits per heavy atom. The second-order valence-electron chi connectivity index (χ2n) is 2.39. The third kappa shape index (κ3) is 4.51. The maximum absolute atomic E-state index is 9.69. The summed E-state index contributed by atoms with van der Waals surface area (Å²) in [5.41, 5.74) is 0. The van der Waals surface area contributed by atoms with E-state index in [9.17, 15) is 10.0 Å². The van der Waals surface area contributed by atoms with Crippen molar-refractivity contribution in [2.45, 2.75) is 26.4 Å². The van der Waals surface area contributed by atoms with Gasteiger partial charge in [0.25, 0.3) is 0 Å². The van der Waals surface area contributed by atoms with Crippen molar-refractivity contribution in [3.05, 3.63) is 4.91 Å². The second-order valence-corrected chi connectivity index (χ2v) is 2.39. The molecule has 2 atom stereocenters. The lowest BCUT2D eigenvalue weighted by molar-refractivity contribution is 0.134. The Kier molecular flexibility index (Phi) is 5.40. The van der Waals surface area contributed by atoms with Crippen LogP contribution in [0, 0.1) is 22.7 Å². The molecule has 0 aliphatic rings. The van der Waals surface area contributed by atoms with Crippen LogP contribution in [0.25, 0.3) is 0 Å². The van der Waals surface area contributed by atoms with Crippen molar-refractivity contribution in [2.75, 3.05) is 6.54 Å². The van der Waals surface area contributed by atoms with E-state index >= 15 is 0 Å². The van der Waals surface area contributed by atoms with Crippen molar-refractivity contribution < 1.29 is 5.11 Å². The number of aliphatic hydroxyl groups excluding tert-OH is 1. The van der Waals surface area contributed by atoms with E-state index in [4.69, 9.17) is 0 Å². The molecular formula is C8H13NO2. The van der Waals surface area contributed by atoms with E-state index in [1.165, 1.54) is 0 Å². The molecule has 1 N–H and O–H groups in total. The number of nitroso groups, excluding NO2 is 1. The SMILES string of the molecule is CC#C[C@H](C)[C@@H](O)CCN=O. The van der Waals surface area contributed by atoms with E-state index in [0.717, 1.165) is 0 Å². The summed E-state index contributed by atoms with van der Waals surface area (Å²) in [4.78, 5) is 9.69. The second kappa shape index (κ2) is 5.87. The highest BCUT2D eigenvalue weighted by molar-refractivity contribution is 5.01. The van der Waals surface area contributed by atoms with Gasteiger partial charge in [-0.25, -0.2) is 0 Å². The van der Waals surface area contributed by atoms with Crippen LogP contribution >= 0.6 is 0 Å². The molecule has 0 radical (unpaired) electrons. The highest BCUT2D eigenvalue weighted by Crippen LogP contribution is 2.05. The first-order chi connectivity index (χ1) is 5.22. The zero-order valence-electron chi connectivity index (χ0n) is 6.87. The molecule has 0 saturated carbocycles. The Morgan fingerprint density at radius 1 is 1.64 bits per heavy atom. The van der Waals surface area contributed by atoms with Crippen molar-refractivity contribution in [3.63, 3.8) is 0 Å². The standard InChI is InChI=1S/C8H13NO2/c1-3-4-7(2)8(10)5-6-9-11/h7-8,10H,5-6H2,1-2H3/t7-,8-/m0/s1. The number of hydrogen-bond donors (Lipinski definition) is 1. The molecule has 0 rings (SSSR count). The largest absolute Gasteiger partial charge is 0.392 e. The smallest absolute Gasteiger partial charge is 0.0836 e. The Morgan fingerprint density at radius 2 is 2.27 bits per heavy atom. The number of hydrogen-bond acceptors (Lipinski definition) is 3. The highest BCUT2D eigenvalue weighted by atomic mass is 16.3. The van der Waals surface area contributed by atoms with E-state index in [1.807, 2.05) is 6.92 Å². The van der Waals surface area contributed by atoms with Gasteiger partial charge in [-0.2, -0.15) is 4.91 Å². The van der Waals surface area contributed by atoms with Crippen LogP contribution in [-0.4, -0.2) is 17.8 Å². The van der Waals surface area contributed by atoms with Crippen LogP contribution in [0.3, 0.4) is 0 Å². The molecular weight excluding hydrogens is 142 g/mol. The predicted molar refractivity (Wildman–Crippen MR) is 43.9 cm³/mol. The molecule has 0 aliphatic carbocycles. The van der Waals surface area contributed by atoms with Crippen molar-refractivity contribution in [1.29, 1.82) is 0 Å². The van der Waals surface area contributed by atoms with Gasteiger partial charge in [-0.05, 0) is 20.3 Å². The van der Waals surface area contributed by atoms with Gasteiger partial charge in [-0.3, -0.25) is 0 Å². The summed E-state index contributed by atoms with van der Waals surface area (Å²) in [7, 11) is 0. The average Bonchev–Trinajstić information content (AvgIpc) is 2.00. The molecule has 0 unspecified atom stereocenters.